The largest absolute Gasteiger partial charge is 0.401 e. The SMILES string of the molecule is CC(=O)c1ccc(N2CCN(CC(F)(F)F)CC2)nc1. The quantitative estimate of drug-likeness (QED) is 0.796. The first kappa shape index (κ1) is 14.8. The van der Waals surface area contributed by atoms with Gasteiger partial charge < -0.3 is 4.90 Å². The van der Waals surface area contributed by atoms with Crippen LogP contribution in [0.1, 0.15) is 17.3 Å². The molecule has 1 fully saturated rings. The van der Waals surface area contributed by atoms with E-state index in [4.69, 9.17) is 0 Å². The molecule has 0 amide bonds. The number of nitrogens with zero attached hydrogens (tertiary/aromatic N) is 3. The van der Waals surface area contributed by atoms with Crippen molar-refractivity contribution < 1.29 is 18.0 Å². The van der Waals surface area contributed by atoms with Gasteiger partial charge in [0.2, 0.25) is 0 Å². The third-order valence-electron chi connectivity index (χ3n) is 3.25. The van der Waals surface area contributed by atoms with Crippen LogP contribution in [0.5, 0.6) is 0 Å². The minimum atomic E-state index is -4.15. The van der Waals surface area contributed by atoms with Crippen molar-refractivity contribution in [3.63, 3.8) is 0 Å². The molecule has 2 heterocycles. The Balaban J connectivity index is 1.92. The number of carbonyl (C=O) groups is 1. The summed E-state index contributed by atoms with van der Waals surface area (Å²) in [7, 11) is 0. The van der Waals surface area contributed by atoms with Gasteiger partial charge in [-0.1, -0.05) is 0 Å². The molecule has 0 radical (unpaired) electrons. The smallest absolute Gasteiger partial charge is 0.354 e. The van der Waals surface area contributed by atoms with E-state index in [1.807, 2.05) is 4.90 Å². The molecule has 110 valence electrons. The molecule has 1 aromatic rings. The predicted molar refractivity (Wildman–Crippen MR) is 68.9 cm³/mol. The van der Waals surface area contributed by atoms with Gasteiger partial charge in [0.25, 0.3) is 0 Å². The lowest BCUT2D eigenvalue weighted by atomic mass is 10.2. The summed E-state index contributed by atoms with van der Waals surface area (Å²) in [6, 6.07) is 3.42. The lowest BCUT2D eigenvalue weighted by molar-refractivity contribution is -0.146. The summed E-state index contributed by atoms with van der Waals surface area (Å²) in [5.41, 5.74) is 0.532. The molecule has 7 heteroatoms. The normalized spacial score (nSPS) is 17.3. The van der Waals surface area contributed by atoms with E-state index >= 15 is 0 Å². The van der Waals surface area contributed by atoms with Crippen molar-refractivity contribution in [1.82, 2.24) is 9.88 Å². The van der Waals surface area contributed by atoms with Gasteiger partial charge in [0.15, 0.2) is 5.78 Å². The number of piperazine rings is 1. The first-order valence-corrected chi connectivity index (χ1v) is 6.36. The van der Waals surface area contributed by atoms with Crippen LogP contribution in [0.4, 0.5) is 19.0 Å². The van der Waals surface area contributed by atoms with Crippen molar-refractivity contribution in [2.24, 2.45) is 0 Å². The molecule has 4 nitrogen and oxygen atoms in total. The van der Waals surface area contributed by atoms with E-state index in [1.54, 1.807) is 12.1 Å². The molecule has 0 unspecified atom stereocenters. The van der Waals surface area contributed by atoms with Crippen molar-refractivity contribution in [3.8, 4) is 0 Å². The Hall–Kier alpha value is -1.63. The second-order valence-electron chi connectivity index (χ2n) is 4.84. The molecule has 1 saturated heterocycles. The third-order valence-corrected chi connectivity index (χ3v) is 3.25. The summed E-state index contributed by atoms with van der Waals surface area (Å²) in [6.07, 6.45) is -2.65. The Morgan fingerprint density at radius 3 is 2.35 bits per heavy atom. The molecular weight excluding hydrogens is 271 g/mol. The molecule has 0 aliphatic carbocycles. The van der Waals surface area contributed by atoms with Crippen LogP contribution in [0.25, 0.3) is 0 Å². The van der Waals surface area contributed by atoms with Crippen molar-refractivity contribution in [2.75, 3.05) is 37.6 Å². The highest BCUT2D eigenvalue weighted by Crippen LogP contribution is 2.19. The van der Waals surface area contributed by atoms with E-state index in [2.05, 4.69) is 4.98 Å². The Morgan fingerprint density at radius 2 is 1.90 bits per heavy atom. The molecular formula is C13H16F3N3O. The molecule has 1 aliphatic rings. The standard InChI is InChI=1S/C13H16F3N3O/c1-10(20)11-2-3-12(17-8-11)19-6-4-18(5-7-19)9-13(14,15)16/h2-3,8H,4-7,9H2,1H3. The Kier molecular flexibility index (Phi) is 4.27. The number of alkyl halides is 3. The zero-order valence-corrected chi connectivity index (χ0v) is 11.2. The lowest BCUT2D eigenvalue weighted by Gasteiger charge is -2.35. The van der Waals surface area contributed by atoms with Gasteiger partial charge in [-0.25, -0.2) is 4.98 Å². The van der Waals surface area contributed by atoms with E-state index in [0.29, 0.717) is 37.6 Å². The molecule has 0 saturated carbocycles. The van der Waals surface area contributed by atoms with Crippen LogP contribution in [-0.2, 0) is 0 Å². The number of pyridine rings is 1. The van der Waals surface area contributed by atoms with Gasteiger partial charge in [-0.15, -0.1) is 0 Å². The van der Waals surface area contributed by atoms with Crippen LogP contribution in [0.2, 0.25) is 0 Å². The summed E-state index contributed by atoms with van der Waals surface area (Å²) in [5, 5.41) is 0. The Morgan fingerprint density at radius 1 is 1.25 bits per heavy atom. The van der Waals surface area contributed by atoms with E-state index in [0.717, 1.165) is 0 Å². The van der Waals surface area contributed by atoms with Gasteiger partial charge in [-0.05, 0) is 19.1 Å². The number of halogens is 3. The predicted octanol–water partition coefficient (Wildman–Crippen LogP) is 1.97. The number of aromatic nitrogens is 1. The fourth-order valence-electron chi connectivity index (χ4n) is 2.17. The Labute approximate surface area is 115 Å². The first-order chi connectivity index (χ1) is 9.35. The fourth-order valence-corrected chi connectivity index (χ4v) is 2.17. The second kappa shape index (κ2) is 5.78. The van der Waals surface area contributed by atoms with Gasteiger partial charge in [-0.2, -0.15) is 13.2 Å². The molecule has 0 bridgehead atoms. The van der Waals surface area contributed by atoms with E-state index in [1.165, 1.54) is 18.0 Å². The van der Waals surface area contributed by atoms with Crippen LogP contribution in [-0.4, -0.2) is 54.6 Å². The molecule has 0 N–H and O–H groups in total. The van der Waals surface area contributed by atoms with Crippen LogP contribution in [0, 0.1) is 0 Å². The van der Waals surface area contributed by atoms with Crippen LogP contribution in [0.3, 0.4) is 0 Å². The average Bonchev–Trinajstić information content (AvgIpc) is 2.38. The van der Waals surface area contributed by atoms with Crippen molar-refractivity contribution in [1.29, 1.82) is 0 Å². The van der Waals surface area contributed by atoms with Crippen molar-refractivity contribution >= 4 is 11.6 Å². The number of ketones is 1. The number of Topliss-reactive ketones (excluding diaryl/α,β-unsaturated/α-hetero) is 1. The fraction of sp³-hybridized carbons (Fsp3) is 0.538. The molecule has 2 rings (SSSR count). The highest BCUT2D eigenvalue weighted by atomic mass is 19.4. The molecule has 20 heavy (non-hydrogen) atoms. The summed E-state index contributed by atoms with van der Waals surface area (Å²) in [5.74, 6) is 0.640. The van der Waals surface area contributed by atoms with Gasteiger partial charge in [-0.3, -0.25) is 9.69 Å². The minimum absolute atomic E-state index is 0.0564. The monoisotopic (exact) mass is 287 g/mol. The third kappa shape index (κ3) is 3.93. The van der Waals surface area contributed by atoms with Crippen molar-refractivity contribution in [3.05, 3.63) is 23.9 Å². The number of carbonyl (C=O) groups excluding carboxylic acids is 1. The van der Waals surface area contributed by atoms with Gasteiger partial charge in [0.1, 0.15) is 5.82 Å². The van der Waals surface area contributed by atoms with Crippen LogP contribution in [0.15, 0.2) is 18.3 Å². The lowest BCUT2D eigenvalue weighted by Crippen LogP contribution is -2.49. The topological polar surface area (TPSA) is 36.4 Å². The van der Waals surface area contributed by atoms with Crippen molar-refractivity contribution in [2.45, 2.75) is 13.1 Å². The van der Waals surface area contributed by atoms with Crippen LogP contribution >= 0.6 is 0 Å². The first-order valence-electron chi connectivity index (χ1n) is 6.36. The molecule has 0 spiro atoms. The summed E-state index contributed by atoms with van der Waals surface area (Å²) >= 11 is 0. The van der Waals surface area contributed by atoms with Crippen LogP contribution < -0.4 is 4.90 Å². The van der Waals surface area contributed by atoms with Gasteiger partial charge >= 0.3 is 6.18 Å². The van der Waals surface area contributed by atoms with Gasteiger partial charge in [0.05, 0.1) is 6.54 Å². The number of hydrogen-bond acceptors (Lipinski definition) is 4. The molecule has 0 aromatic carbocycles. The number of rotatable bonds is 3. The second-order valence-corrected chi connectivity index (χ2v) is 4.84. The highest BCUT2D eigenvalue weighted by Gasteiger charge is 2.32. The number of hydrogen-bond donors (Lipinski definition) is 0. The summed E-state index contributed by atoms with van der Waals surface area (Å²) in [4.78, 5) is 18.6. The maximum atomic E-state index is 12.3. The maximum Gasteiger partial charge on any atom is 0.401 e. The molecule has 1 aromatic heterocycles. The molecule has 0 atom stereocenters. The summed E-state index contributed by atoms with van der Waals surface area (Å²) < 4.78 is 36.8. The maximum absolute atomic E-state index is 12.3. The highest BCUT2D eigenvalue weighted by molar-refractivity contribution is 5.93. The van der Waals surface area contributed by atoms with E-state index in [-0.39, 0.29) is 5.78 Å². The molecule has 1 aliphatic heterocycles. The minimum Gasteiger partial charge on any atom is -0.354 e. The van der Waals surface area contributed by atoms with Gasteiger partial charge in [0, 0.05) is 37.9 Å². The van der Waals surface area contributed by atoms with E-state index in [9.17, 15) is 18.0 Å². The zero-order chi connectivity index (χ0) is 14.8. The summed E-state index contributed by atoms with van der Waals surface area (Å²) in [6.45, 7) is 2.32. The average molecular weight is 287 g/mol. The van der Waals surface area contributed by atoms with E-state index < -0.39 is 12.7 Å². The Bertz CT molecular complexity index is 465. The number of anilines is 1. The zero-order valence-electron chi connectivity index (χ0n) is 11.2.